The third kappa shape index (κ3) is 3.02. The van der Waals surface area contributed by atoms with Gasteiger partial charge in [-0.1, -0.05) is 30.0 Å². The lowest BCUT2D eigenvalue weighted by Gasteiger charge is -2.25. The summed E-state index contributed by atoms with van der Waals surface area (Å²) in [7, 11) is 1.95. The van der Waals surface area contributed by atoms with E-state index >= 15 is 0 Å². The summed E-state index contributed by atoms with van der Waals surface area (Å²) in [5.41, 5.74) is 1.94. The molecule has 0 fully saturated rings. The molecule has 8 heteroatoms. The molecule has 1 unspecified atom stereocenters. The Bertz CT molecular complexity index is 1070. The maximum absolute atomic E-state index is 6.04. The number of fused-ring (bicyclic) bond motifs is 2. The number of rotatable bonds is 4. The summed E-state index contributed by atoms with van der Waals surface area (Å²) in [4.78, 5) is 4.62. The van der Waals surface area contributed by atoms with Crippen LogP contribution in [0.15, 0.2) is 60.0 Å². The zero-order chi connectivity index (χ0) is 18.2. The highest BCUT2D eigenvalue weighted by molar-refractivity contribution is 7.98. The highest BCUT2D eigenvalue weighted by Gasteiger charge is 2.27. The molecule has 0 saturated heterocycles. The van der Waals surface area contributed by atoms with Crippen molar-refractivity contribution in [3.63, 3.8) is 0 Å². The fourth-order valence-electron chi connectivity index (χ4n) is 3.07. The average molecular weight is 379 g/mol. The van der Waals surface area contributed by atoms with Crippen molar-refractivity contribution in [2.45, 2.75) is 17.0 Å². The molecule has 3 aromatic heterocycles. The van der Waals surface area contributed by atoms with Gasteiger partial charge in [0.05, 0.1) is 5.69 Å². The second kappa shape index (κ2) is 6.62. The maximum Gasteiger partial charge on any atom is 0.192 e. The molecule has 5 rings (SSSR count). The molecule has 27 heavy (non-hydrogen) atoms. The summed E-state index contributed by atoms with van der Waals surface area (Å²) in [5.74, 6) is 2.97. The minimum absolute atomic E-state index is 0.276. The number of pyridine rings is 1. The van der Waals surface area contributed by atoms with Crippen molar-refractivity contribution in [2.24, 2.45) is 7.05 Å². The van der Waals surface area contributed by atoms with Crippen LogP contribution in [0.3, 0.4) is 0 Å². The Morgan fingerprint density at radius 2 is 1.96 bits per heavy atom. The van der Waals surface area contributed by atoms with Crippen molar-refractivity contribution >= 4 is 17.4 Å². The van der Waals surface area contributed by atoms with E-state index in [0.29, 0.717) is 6.61 Å². The number of thioether (sulfide) groups is 1. The van der Waals surface area contributed by atoms with Crippen molar-refractivity contribution in [1.82, 2.24) is 24.1 Å². The van der Waals surface area contributed by atoms with Crippen molar-refractivity contribution in [2.75, 3.05) is 6.61 Å². The van der Waals surface area contributed by atoms with E-state index in [2.05, 4.69) is 15.2 Å². The summed E-state index contributed by atoms with van der Waals surface area (Å²) in [6, 6.07) is 13.6. The van der Waals surface area contributed by atoms with Crippen LogP contribution in [0.2, 0.25) is 0 Å². The Kier molecular flexibility index (Phi) is 3.97. The Morgan fingerprint density at radius 1 is 1.11 bits per heavy atom. The number of hydrogen-bond donors (Lipinski definition) is 0. The molecule has 1 aliphatic heterocycles. The fraction of sp³-hybridized carbons (Fsp3) is 0.211. The molecule has 0 aliphatic carbocycles. The topological polar surface area (TPSA) is 66.5 Å². The van der Waals surface area contributed by atoms with E-state index in [1.165, 1.54) is 0 Å². The number of benzene rings is 1. The predicted octanol–water partition coefficient (Wildman–Crippen LogP) is 3.27. The van der Waals surface area contributed by atoms with Gasteiger partial charge in [-0.2, -0.15) is 0 Å². The lowest BCUT2D eigenvalue weighted by molar-refractivity contribution is 0.0825. The van der Waals surface area contributed by atoms with E-state index in [1.54, 1.807) is 11.8 Å². The Morgan fingerprint density at radius 3 is 2.85 bits per heavy atom. The third-order valence-electron chi connectivity index (χ3n) is 4.43. The SMILES string of the molecule is Cn1c(SCc2cn3ccccc3n2)nnc1C1COc2ccccc2O1. The molecule has 0 spiro atoms. The molecule has 1 aliphatic rings. The Hall–Kier alpha value is -3.00. The van der Waals surface area contributed by atoms with Gasteiger partial charge in [-0.15, -0.1) is 10.2 Å². The standard InChI is InChI=1S/C19H17N5O2S/c1-23-18(16-11-25-14-6-2-3-7-15(14)26-16)21-22-19(23)27-12-13-10-24-9-5-4-8-17(24)20-13/h2-10,16H,11-12H2,1H3. The van der Waals surface area contributed by atoms with E-state index in [1.807, 2.05) is 70.9 Å². The molecule has 7 nitrogen and oxygen atoms in total. The zero-order valence-corrected chi connectivity index (χ0v) is 15.5. The molecule has 4 aromatic rings. The predicted molar refractivity (Wildman–Crippen MR) is 101 cm³/mol. The van der Waals surface area contributed by atoms with Gasteiger partial charge in [-0.3, -0.25) is 0 Å². The van der Waals surface area contributed by atoms with Crippen LogP contribution in [-0.4, -0.2) is 30.8 Å². The highest BCUT2D eigenvalue weighted by atomic mass is 32.2. The number of ether oxygens (including phenoxy) is 2. The fourth-order valence-corrected chi connectivity index (χ4v) is 3.88. The summed E-state index contributed by atoms with van der Waals surface area (Å²) in [5, 5.41) is 9.47. The number of aromatic nitrogens is 5. The van der Waals surface area contributed by atoms with Crippen LogP contribution in [0.5, 0.6) is 11.5 Å². The maximum atomic E-state index is 6.04. The van der Waals surface area contributed by atoms with E-state index < -0.39 is 0 Å². The number of nitrogens with zero attached hydrogens (tertiary/aromatic N) is 5. The van der Waals surface area contributed by atoms with Crippen LogP contribution >= 0.6 is 11.8 Å². The minimum Gasteiger partial charge on any atom is -0.485 e. The van der Waals surface area contributed by atoms with Gasteiger partial charge in [-0.25, -0.2) is 4.98 Å². The molecule has 0 bridgehead atoms. The molecule has 1 atom stereocenters. The molecule has 136 valence electrons. The molecule has 4 heterocycles. The van der Waals surface area contributed by atoms with Crippen LogP contribution in [0.4, 0.5) is 0 Å². The highest BCUT2D eigenvalue weighted by Crippen LogP contribution is 2.36. The summed E-state index contributed by atoms with van der Waals surface area (Å²) < 4.78 is 15.8. The van der Waals surface area contributed by atoms with Crippen LogP contribution < -0.4 is 9.47 Å². The van der Waals surface area contributed by atoms with Gasteiger partial charge in [0.2, 0.25) is 0 Å². The molecule has 0 amide bonds. The lowest BCUT2D eigenvalue weighted by atomic mass is 10.2. The van der Waals surface area contributed by atoms with Gasteiger partial charge >= 0.3 is 0 Å². The molecule has 0 radical (unpaired) electrons. The van der Waals surface area contributed by atoms with Crippen LogP contribution in [0.1, 0.15) is 17.6 Å². The zero-order valence-electron chi connectivity index (χ0n) is 14.6. The summed E-state index contributed by atoms with van der Waals surface area (Å²) in [6.07, 6.45) is 3.76. The number of imidazole rings is 1. The smallest absolute Gasteiger partial charge is 0.192 e. The van der Waals surface area contributed by atoms with Gasteiger partial charge in [0.15, 0.2) is 28.6 Å². The molecular weight excluding hydrogens is 362 g/mol. The first-order chi connectivity index (χ1) is 13.3. The van der Waals surface area contributed by atoms with Gasteiger partial charge in [0, 0.05) is 25.2 Å². The first-order valence-corrected chi connectivity index (χ1v) is 9.60. The van der Waals surface area contributed by atoms with Gasteiger partial charge in [0.1, 0.15) is 12.3 Å². The van der Waals surface area contributed by atoms with Crippen LogP contribution in [-0.2, 0) is 12.8 Å². The van der Waals surface area contributed by atoms with Gasteiger partial charge in [-0.05, 0) is 24.3 Å². The Labute approximate surface area is 160 Å². The normalized spacial score (nSPS) is 16.0. The van der Waals surface area contributed by atoms with Crippen molar-refractivity contribution < 1.29 is 9.47 Å². The second-order valence-electron chi connectivity index (χ2n) is 6.25. The van der Waals surface area contributed by atoms with E-state index in [4.69, 9.17) is 9.47 Å². The largest absolute Gasteiger partial charge is 0.485 e. The van der Waals surface area contributed by atoms with E-state index in [9.17, 15) is 0 Å². The quantitative estimate of drug-likeness (QED) is 0.507. The van der Waals surface area contributed by atoms with E-state index in [0.717, 1.165) is 39.6 Å². The van der Waals surface area contributed by atoms with Crippen molar-refractivity contribution in [3.05, 3.63) is 66.4 Å². The van der Waals surface area contributed by atoms with E-state index in [-0.39, 0.29) is 6.10 Å². The number of hydrogen-bond acceptors (Lipinski definition) is 6. The molecule has 1 aromatic carbocycles. The first-order valence-electron chi connectivity index (χ1n) is 8.61. The monoisotopic (exact) mass is 379 g/mol. The van der Waals surface area contributed by atoms with Crippen molar-refractivity contribution in [1.29, 1.82) is 0 Å². The third-order valence-corrected chi connectivity index (χ3v) is 5.48. The van der Waals surface area contributed by atoms with Crippen molar-refractivity contribution in [3.8, 4) is 11.5 Å². The molecular formula is C19H17N5O2S. The summed E-state index contributed by atoms with van der Waals surface area (Å²) in [6.45, 7) is 0.417. The van der Waals surface area contributed by atoms with Gasteiger partial charge in [0.25, 0.3) is 0 Å². The van der Waals surface area contributed by atoms with Crippen LogP contribution in [0, 0.1) is 0 Å². The van der Waals surface area contributed by atoms with Crippen LogP contribution in [0.25, 0.3) is 5.65 Å². The van der Waals surface area contributed by atoms with Gasteiger partial charge < -0.3 is 18.4 Å². The minimum atomic E-state index is -0.276. The lowest BCUT2D eigenvalue weighted by Crippen LogP contribution is -2.24. The molecule has 0 N–H and O–H groups in total. The summed E-state index contributed by atoms with van der Waals surface area (Å²) >= 11 is 1.60. The molecule has 0 saturated carbocycles. The number of para-hydroxylation sites is 2. The second-order valence-corrected chi connectivity index (χ2v) is 7.19. The Balaban J connectivity index is 1.32. The average Bonchev–Trinajstić information content (AvgIpc) is 3.29. The first kappa shape index (κ1) is 16.2.